The molecule has 0 aliphatic carbocycles. The second kappa shape index (κ2) is 4.51. The molecule has 1 saturated heterocycles. The molecule has 1 fully saturated rings. The summed E-state index contributed by atoms with van der Waals surface area (Å²) < 4.78 is 0. The van der Waals surface area contributed by atoms with E-state index in [1.807, 2.05) is 6.07 Å². The minimum absolute atomic E-state index is 0.174. The third-order valence-electron chi connectivity index (χ3n) is 2.28. The first-order chi connectivity index (χ1) is 6.84. The minimum atomic E-state index is 0.174. The van der Waals surface area contributed by atoms with E-state index in [0.29, 0.717) is 11.1 Å². The van der Waals surface area contributed by atoms with E-state index >= 15 is 0 Å². The predicted molar refractivity (Wildman–Crippen MR) is 59.2 cm³/mol. The Morgan fingerprint density at radius 3 is 2.79 bits per heavy atom. The molecule has 0 bridgehead atoms. The molecule has 2 rings (SSSR count). The molecule has 1 aliphatic heterocycles. The van der Waals surface area contributed by atoms with Crippen molar-refractivity contribution in [2.24, 2.45) is 0 Å². The summed E-state index contributed by atoms with van der Waals surface area (Å²) in [4.78, 5) is 10.9. The van der Waals surface area contributed by atoms with Gasteiger partial charge in [-0.25, -0.2) is 0 Å². The topological polar surface area (TPSA) is 29.1 Å². The molecular weight excluding hydrogens is 194 g/mol. The summed E-state index contributed by atoms with van der Waals surface area (Å²) in [6.45, 7) is 0. The van der Waals surface area contributed by atoms with Gasteiger partial charge in [0.2, 0.25) is 5.91 Å². The first kappa shape index (κ1) is 9.59. The molecule has 1 atom stereocenters. The summed E-state index contributed by atoms with van der Waals surface area (Å²) in [6.07, 6.45) is 2.07. The molecule has 1 N–H and O–H groups in total. The van der Waals surface area contributed by atoms with Crippen LogP contribution >= 0.6 is 11.8 Å². The van der Waals surface area contributed by atoms with Crippen LogP contribution in [-0.4, -0.2) is 17.0 Å². The minimum Gasteiger partial charge on any atom is -0.344 e. The second-order valence-corrected chi connectivity index (χ2v) is 4.58. The van der Waals surface area contributed by atoms with E-state index in [2.05, 4.69) is 29.6 Å². The van der Waals surface area contributed by atoms with E-state index in [4.69, 9.17) is 0 Å². The number of thioether (sulfide) groups is 1. The summed E-state index contributed by atoms with van der Waals surface area (Å²) >= 11 is 1.71. The quantitative estimate of drug-likeness (QED) is 0.819. The number of hydrogen-bond donors (Lipinski definition) is 1. The van der Waals surface area contributed by atoms with Gasteiger partial charge in [0.1, 0.15) is 0 Å². The smallest absolute Gasteiger partial charge is 0.230 e. The van der Waals surface area contributed by atoms with Crippen molar-refractivity contribution in [3.05, 3.63) is 35.9 Å². The van der Waals surface area contributed by atoms with Gasteiger partial charge in [0.15, 0.2) is 0 Å². The Balaban J connectivity index is 1.80. The zero-order chi connectivity index (χ0) is 9.80. The van der Waals surface area contributed by atoms with Crippen molar-refractivity contribution in [2.45, 2.75) is 18.2 Å². The highest BCUT2D eigenvalue weighted by atomic mass is 32.2. The van der Waals surface area contributed by atoms with E-state index in [0.717, 1.165) is 12.8 Å². The lowest BCUT2D eigenvalue weighted by Gasteiger charge is -2.08. The SMILES string of the molecule is O=C1CSC(CCc2ccccc2)N1. The zero-order valence-electron chi connectivity index (χ0n) is 7.90. The summed E-state index contributed by atoms with van der Waals surface area (Å²) in [5.74, 6) is 0.799. The van der Waals surface area contributed by atoms with Crippen molar-refractivity contribution in [2.75, 3.05) is 5.75 Å². The van der Waals surface area contributed by atoms with Gasteiger partial charge in [-0.3, -0.25) is 4.79 Å². The number of hydrogen-bond acceptors (Lipinski definition) is 2. The standard InChI is InChI=1S/C11H13NOS/c13-10-8-14-11(12-10)7-6-9-4-2-1-3-5-9/h1-5,11H,6-8H2,(H,12,13). The lowest BCUT2D eigenvalue weighted by atomic mass is 10.1. The lowest BCUT2D eigenvalue weighted by molar-refractivity contribution is -0.118. The van der Waals surface area contributed by atoms with Crippen LogP contribution in [0.3, 0.4) is 0 Å². The Bertz CT molecular complexity index is 312. The normalized spacial score (nSPS) is 20.9. The van der Waals surface area contributed by atoms with Gasteiger partial charge in [0.05, 0.1) is 11.1 Å². The molecule has 74 valence electrons. The molecule has 2 nitrogen and oxygen atoms in total. The van der Waals surface area contributed by atoms with E-state index in [1.165, 1.54) is 5.56 Å². The molecule has 14 heavy (non-hydrogen) atoms. The molecule has 1 aliphatic rings. The molecule has 1 aromatic carbocycles. The van der Waals surface area contributed by atoms with Crippen LogP contribution in [0.1, 0.15) is 12.0 Å². The predicted octanol–water partition coefficient (Wildman–Crippen LogP) is 1.81. The number of benzene rings is 1. The van der Waals surface area contributed by atoms with Crippen molar-refractivity contribution in [1.29, 1.82) is 0 Å². The number of amides is 1. The van der Waals surface area contributed by atoms with E-state index < -0.39 is 0 Å². The van der Waals surface area contributed by atoms with Crippen molar-refractivity contribution >= 4 is 17.7 Å². The van der Waals surface area contributed by atoms with Gasteiger partial charge >= 0.3 is 0 Å². The highest BCUT2D eigenvalue weighted by Crippen LogP contribution is 2.19. The van der Waals surface area contributed by atoms with Gasteiger partial charge < -0.3 is 5.32 Å². The fourth-order valence-corrected chi connectivity index (χ4v) is 2.47. The summed E-state index contributed by atoms with van der Waals surface area (Å²) in [5, 5.41) is 3.27. The Morgan fingerprint density at radius 2 is 2.14 bits per heavy atom. The van der Waals surface area contributed by atoms with Gasteiger partial charge in [-0.2, -0.15) is 0 Å². The molecule has 0 saturated carbocycles. The summed E-state index contributed by atoms with van der Waals surface area (Å²) in [5.41, 5.74) is 1.34. The van der Waals surface area contributed by atoms with Gasteiger partial charge in [0, 0.05) is 0 Å². The molecule has 0 aromatic heterocycles. The van der Waals surface area contributed by atoms with Crippen LogP contribution in [0.2, 0.25) is 0 Å². The van der Waals surface area contributed by atoms with Crippen molar-refractivity contribution in [3.8, 4) is 0 Å². The number of rotatable bonds is 3. The zero-order valence-corrected chi connectivity index (χ0v) is 8.72. The van der Waals surface area contributed by atoms with Crippen molar-refractivity contribution < 1.29 is 4.79 Å². The Kier molecular flexibility index (Phi) is 3.09. The van der Waals surface area contributed by atoms with Gasteiger partial charge in [-0.15, -0.1) is 11.8 Å². The largest absolute Gasteiger partial charge is 0.344 e. The van der Waals surface area contributed by atoms with Crippen LogP contribution in [0, 0.1) is 0 Å². The molecule has 1 heterocycles. The summed E-state index contributed by atoms with van der Waals surface area (Å²) in [6, 6.07) is 10.4. The fourth-order valence-electron chi connectivity index (χ4n) is 1.54. The monoisotopic (exact) mass is 207 g/mol. The highest BCUT2D eigenvalue weighted by molar-refractivity contribution is 8.01. The van der Waals surface area contributed by atoms with E-state index in [1.54, 1.807) is 11.8 Å². The molecular formula is C11H13NOS. The van der Waals surface area contributed by atoms with Crippen LogP contribution in [0.4, 0.5) is 0 Å². The van der Waals surface area contributed by atoms with Crippen molar-refractivity contribution in [3.63, 3.8) is 0 Å². The van der Waals surface area contributed by atoms with Gasteiger partial charge in [0.25, 0.3) is 0 Å². The number of nitrogens with one attached hydrogen (secondary N) is 1. The molecule has 1 aromatic rings. The van der Waals surface area contributed by atoms with Crippen molar-refractivity contribution in [1.82, 2.24) is 5.32 Å². The lowest BCUT2D eigenvalue weighted by Crippen LogP contribution is -2.24. The maximum atomic E-state index is 10.9. The average Bonchev–Trinajstić information content (AvgIpc) is 2.63. The third kappa shape index (κ3) is 2.51. The molecule has 1 amide bonds. The van der Waals surface area contributed by atoms with Crippen LogP contribution in [0.15, 0.2) is 30.3 Å². The Morgan fingerprint density at radius 1 is 1.36 bits per heavy atom. The Hall–Kier alpha value is -0.960. The first-order valence-electron chi connectivity index (χ1n) is 4.79. The first-order valence-corrected chi connectivity index (χ1v) is 5.84. The number of carbonyl (C=O) groups excluding carboxylic acids is 1. The van der Waals surface area contributed by atoms with Crippen LogP contribution in [0.25, 0.3) is 0 Å². The van der Waals surface area contributed by atoms with E-state index in [-0.39, 0.29) is 5.91 Å². The fraction of sp³-hybridized carbons (Fsp3) is 0.364. The highest BCUT2D eigenvalue weighted by Gasteiger charge is 2.20. The van der Waals surface area contributed by atoms with Gasteiger partial charge in [-0.1, -0.05) is 30.3 Å². The maximum absolute atomic E-state index is 10.9. The second-order valence-electron chi connectivity index (χ2n) is 3.39. The van der Waals surface area contributed by atoms with Crippen LogP contribution in [0.5, 0.6) is 0 Å². The molecule has 0 spiro atoms. The van der Waals surface area contributed by atoms with Crippen LogP contribution < -0.4 is 5.32 Å². The molecule has 0 radical (unpaired) electrons. The summed E-state index contributed by atoms with van der Waals surface area (Å²) in [7, 11) is 0. The van der Waals surface area contributed by atoms with Gasteiger partial charge in [-0.05, 0) is 18.4 Å². The number of aryl methyl sites for hydroxylation is 1. The molecule has 3 heteroatoms. The average molecular weight is 207 g/mol. The molecule has 1 unspecified atom stereocenters. The third-order valence-corrected chi connectivity index (χ3v) is 3.46. The van der Waals surface area contributed by atoms with Crippen LogP contribution in [-0.2, 0) is 11.2 Å². The van der Waals surface area contributed by atoms with E-state index in [9.17, 15) is 4.79 Å². The number of carbonyl (C=O) groups is 1. The maximum Gasteiger partial charge on any atom is 0.230 e. The Labute approximate surface area is 88.1 Å².